The summed E-state index contributed by atoms with van der Waals surface area (Å²) in [4.78, 5) is 11.8. The van der Waals surface area contributed by atoms with Gasteiger partial charge in [-0.3, -0.25) is 0 Å². The van der Waals surface area contributed by atoms with Crippen molar-refractivity contribution in [3.63, 3.8) is 0 Å². The molecule has 1 saturated carbocycles. The van der Waals surface area contributed by atoms with Crippen LogP contribution >= 0.6 is 15.9 Å². The second-order valence-electron chi connectivity index (χ2n) is 4.88. The summed E-state index contributed by atoms with van der Waals surface area (Å²) in [6, 6.07) is 8.32. The molecule has 98 valence electrons. The third-order valence-corrected chi connectivity index (χ3v) is 3.88. The molecule has 1 atom stereocenters. The predicted molar refractivity (Wildman–Crippen MR) is 76.5 cm³/mol. The Labute approximate surface area is 116 Å². The number of carbonyl (C=O) groups excluding carboxylic acids is 1. The van der Waals surface area contributed by atoms with Gasteiger partial charge in [0.15, 0.2) is 0 Å². The number of halogens is 1. The van der Waals surface area contributed by atoms with Crippen LogP contribution in [0.4, 0.5) is 4.79 Å². The molecule has 0 heterocycles. The Bertz CT molecular complexity index is 416. The second-order valence-corrected chi connectivity index (χ2v) is 5.79. The SMILES string of the molecule is CC(NC(=O)NC1CCCC1)c1cccc(Br)c1. The van der Waals surface area contributed by atoms with E-state index in [0.29, 0.717) is 6.04 Å². The van der Waals surface area contributed by atoms with Crippen molar-refractivity contribution in [2.24, 2.45) is 0 Å². The summed E-state index contributed by atoms with van der Waals surface area (Å²) in [5.74, 6) is 0. The normalized spacial score (nSPS) is 17.4. The van der Waals surface area contributed by atoms with E-state index in [9.17, 15) is 4.79 Å². The third kappa shape index (κ3) is 3.73. The number of rotatable bonds is 3. The van der Waals surface area contributed by atoms with Gasteiger partial charge in [-0.2, -0.15) is 0 Å². The van der Waals surface area contributed by atoms with E-state index in [1.54, 1.807) is 0 Å². The molecule has 2 amide bonds. The molecule has 0 aromatic heterocycles. The van der Waals surface area contributed by atoms with Crippen LogP contribution in [-0.2, 0) is 0 Å². The Morgan fingerprint density at radius 3 is 2.78 bits per heavy atom. The minimum absolute atomic E-state index is 0.0175. The third-order valence-electron chi connectivity index (χ3n) is 3.39. The van der Waals surface area contributed by atoms with Gasteiger partial charge in [-0.25, -0.2) is 4.79 Å². The molecule has 1 unspecified atom stereocenters. The van der Waals surface area contributed by atoms with Crippen LogP contribution in [0.1, 0.15) is 44.2 Å². The molecule has 2 N–H and O–H groups in total. The summed E-state index contributed by atoms with van der Waals surface area (Å²) in [5, 5.41) is 6.01. The lowest BCUT2D eigenvalue weighted by atomic mass is 10.1. The average molecular weight is 311 g/mol. The predicted octanol–water partition coefficient (Wildman–Crippen LogP) is 3.75. The van der Waals surface area contributed by atoms with E-state index < -0.39 is 0 Å². The van der Waals surface area contributed by atoms with Gasteiger partial charge in [-0.1, -0.05) is 40.9 Å². The van der Waals surface area contributed by atoms with Gasteiger partial charge >= 0.3 is 6.03 Å². The largest absolute Gasteiger partial charge is 0.335 e. The number of urea groups is 1. The van der Waals surface area contributed by atoms with E-state index in [1.807, 2.05) is 31.2 Å². The molecule has 1 aliphatic carbocycles. The summed E-state index contributed by atoms with van der Waals surface area (Å²) < 4.78 is 1.03. The summed E-state index contributed by atoms with van der Waals surface area (Å²) >= 11 is 3.44. The number of amides is 2. The minimum atomic E-state index is -0.0608. The summed E-state index contributed by atoms with van der Waals surface area (Å²) in [6.45, 7) is 2.00. The van der Waals surface area contributed by atoms with Gasteiger partial charge in [0.25, 0.3) is 0 Å². The van der Waals surface area contributed by atoms with Crippen LogP contribution < -0.4 is 10.6 Å². The standard InChI is InChI=1S/C14H19BrN2O/c1-10(11-5-4-6-12(15)9-11)16-14(18)17-13-7-2-3-8-13/h4-6,9-10,13H,2-3,7-8H2,1H3,(H2,16,17,18). The zero-order chi connectivity index (χ0) is 13.0. The van der Waals surface area contributed by atoms with Crippen molar-refractivity contribution in [2.75, 3.05) is 0 Å². The molecule has 1 aromatic carbocycles. The molecule has 0 spiro atoms. The first-order valence-corrected chi connectivity index (χ1v) is 7.27. The first kappa shape index (κ1) is 13.4. The monoisotopic (exact) mass is 310 g/mol. The summed E-state index contributed by atoms with van der Waals surface area (Å²) in [7, 11) is 0. The fourth-order valence-corrected chi connectivity index (χ4v) is 2.77. The van der Waals surface area contributed by atoms with Crippen molar-refractivity contribution in [1.82, 2.24) is 10.6 Å². The molecule has 0 aliphatic heterocycles. The topological polar surface area (TPSA) is 41.1 Å². The molecule has 2 rings (SSSR count). The fraction of sp³-hybridized carbons (Fsp3) is 0.500. The summed E-state index contributed by atoms with van der Waals surface area (Å²) in [6.07, 6.45) is 4.68. The number of hydrogen-bond acceptors (Lipinski definition) is 1. The van der Waals surface area contributed by atoms with Gasteiger partial charge in [0.2, 0.25) is 0 Å². The number of hydrogen-bond donors (Lipinski definition) is 2. The van der Waals surface area contributed by atoms with Gasteiger partial charge < -0.3 is 10.6 Å². The van der Waals surface area contributed by atoms with Crippen LogP contribution in [0.2, 0.25) is 0 Å². The molecule has 3 nitrogen and oxygen atoms in total. The van der Waals surface area contributed by atoms with E-state index in [2.05, 4.69) is 26.6 Å². The number of carbonyl (C=O) groups is 1. The smallest absolute Gasteiger partial charge is 0.315 e. The van der Waals surface area contributed by atoms with Crippen molar-refractivity contribution in [3.8, 4) is 0 Å². The van der Waals surface area contributed by atoms with Crippen molar-refractivity contribution < 1.29 is 4.79 Å². The zero-order valence-electron chi connectivity index (χ0n) is 10.6. The second kappa shape index (κ2) is 6.23. The molecule has 0 bridgehead atoms. The molecule has 18 heavy (non-hydrogen) atoms. The molecule has 1 fully saturated rings. The highest BCUT2D eigenvalue weighted by molar-refractivity contribution is 9.10. The quantitative estimate of drug-likeness (QED) is 0.877. The van der Waals surface area contributed by atoms with E-state index in [1.165, 1.54) is 12.8 Å². The lowest BCUT2D eigenvalue weighted by Gasteiger charge is -2.18. The lowest BCUT2D eigenvalue weighted by Crippen LogP contribution is -2.41. The molecule has 1 aromatic rings. The maximum Gasteiger partial charge on any atom is 0.315 e. The van der Waals surface area contributed by atoms with Crippen molar-refractivity contribution >= 4 is 22.0 Å². The maximum absolute atomic E-state index is 11.8. The van der Waals surface area contributed by atoms with E-state index in [0.717, 1.165) is 22.9 Å². The number of benzene rings is 1. The van der Waals surface area contributed by atoms with Crippen LogP contribution in [0.15, 0.2) is 28.7 Å². The Morgan fingerprint density at radius 2 is 2.11 bits per heavy atom. The Hall–Kier alpha value is -1.03. The first-order chi connectivity index (χ1) is 8.65. The average Bonchev–Trinajstić information content (AvgIpc) is 2.81. The van der Waals surface area contributed by atoms with Crippen LogP contribution in [-0.4, -0.2) is 12.1 Å². The van der Waals surface area contributed by atoms with E-state index >= 15 is 0 Å². The van der Waals surface area contributed by atoms with E-state index in [-0.39, 0.29) is 12.1 Å². The van der Waals surface area contributed by atoms with E-state index in [4.69, 9.17) is 0 Å². The van der Waals surface area contributed by atoms with Crippen molar-refractivity contribution in [2.45, 2.75) is 44.7 Å². The van der Waals surface area contributed by atoms with Crippen LogP contribution in [0.5, 0.6) is 0 Å². The fourth-order valence-electron chi connectivity index (χ4n) is 2.35. The van der Waals surface area contributed by atoms with Crippen LogP contribution in [0.3, 0.4) is 0 Å². The molecule has 0 saturated heterocycles. The first-order valence-electron chi connectivity index (χ1n) is 6.47. The van der Waals surface area contributed by atoms with Crippen molar-refractivity contribution in [1.29, 1.82) is 0 Å². The highest BCUT2D eigenvalue weighted by Gasteiger charge is 2.18. The van der Waals surface area contributed by atoms with Gasteiger partial charge in [0.1, 0.15) is 0 Å². The molecule has 4 heteroatoms. The lowest BCUT2D eigenvalue weighted by molar-refractivity contribution is 0.234. The molecular weight excluding hydrogens is 292 g/mol. The molecular formula is C14H19BrN2O. The Morgan fingerprint density at radius 1 is 1.39 bits per heavy atom. The Balaban J connectivity index is 1.86. The van der Waals surface area contributed by atoms with Gasteiger partial charge in [0, 0.05) is 10.5 Å². The summed E-state index contributed by atoms with van der Waals surface area (Å²) in [5.41, 5.74) is 1.10. The maximum atomic E-state index is 11.8. The highest BCUT2D eigenvalue weighted by atomic mass is 79.9. The minimum Gasteiger partial charge on any atom is -0.335 e. The van der Waals surface area contributed by atoms with Gasteiger partial charge in [-0.05, 0) is 37.5 Å². The van der Waals surface area contributed by atoms with Crippen LogP contribution in [0.25, 0.3) is 0 Å². The van der Waals surface area contributed by atoms with Gasteiger partial charge in [0.05, 0.1) is 6.04 Å². The molecule has 0 radical (unpaired) electrons. The highest BCUT2D eigenvalue weighted by Crippen LogP contribution is 2.19. The molecule has 1 aliphatic rings. The van der Waals surface area contributed by atoms with Crippen molar-refractivity contribution in [3.05, 3.63) is 34.3 Å². The van der Waals surface area contributed by atoms with Gasteiger partial charge in [-0.15, -0.1) is 0 Å². The zero-order valence-corrected chi connectivity index (χ0v) is 12.2. The van der Waals surface area contributed by atoms with Crippen LogP contribution in [0, 0.1) is 0 Å². The Kier molecular flexibility index (Phi) is 4.64. The number of nitrogens with one attached hydrogen (secondary N) is 2.